The van der Waals surface area contributed by atoms with Gasteiger partial charge in [0.05, 0.1) is 6.54 Å². The standard InChI is InChI=1S/C17H26N2O4S.ClH/c1-13-6-4-5-7-15(13)23-14(2)12-19-16(20)17(24(3,21)22)8-10-18-11-9-17;/h4-7,14,18H,8-12H2,1-3H3,(H,19,20);1H. The highest BCUT2D eigenvalue weighted by Crippen LogP contribution is 2.28. The Bertz CT molecular complexity index is 688. The van der Waals surface area contributed by atoms with E-state index in [1.807, 2.05) is 38.1 Å². The average Bonchev–Trinajstić information content (AvgIpc) is 2.54. The van der Waals surface area contributed by atoms with Crippen molar-refractivity contribution in [3.63, 3.8) is 0 Å². The number of amides is 1. The number of ether oxygens (including phenoxy) is 1. The molecule has 0 spiro atoms. The van der Waals surface area contributed by atoms with Crippen LogP contribution in [0.5, 0.6) is 5.75 Å². The van der Waals surface area contributed by atoms with Gasteiger partial charge in [0.2, 0.25) is 5.91 Å². The third-order valence-electron chi connectivity index (χ3n) is 4.51. The van der Waals surface area contributed by atoms with Gasteiger partial charge in [-0.15, -0.1) is 12.4 Å². The maximum atomic E-state index is 12.6. The molecule has 6 nitrogen and oxygen atoms in total. The van der Waals surface area contributed by atoms with Crippen LogP contribution in [-0.4, -0.2) is 51.1 Å². The van der Waals surface area contributed by atoms with Crippen LogP contribution in [0.4, 0.5) is 0 Å². The highest BCUT2D eigenvalue weighted by atomic mass is 35.5. The molecule has 2 N–H and O–H groups in total. The lowest BCUT2D eigenvalue weighted by molar-refractivity contribution is -0.124. The van der Waals surface area contributed by atoms with Crippen molar-refractivity contribution in [1.82, 2.24) is 10.6 Å². The molecule has 0 aliphatic carbocycles. The molecule has 25 heavy (non-hydrogen) atoms. The number of hydrogen-bond donors (Lipinski definition) is 2. The molecule has 1 aromatic rings. The Morgan fingerprint density at radius 2 is 1.92 bits per heavy atom. The van der Waals surface area contributed by atoms with Gasteiger partial charge < -0.3 is 15.4 Å². The number of hydrogen-bond acceptors (Lipinski definition) is 5. The third-order valence-corrected chi connectivity index (χ3v) is 6.52. The van der Waals surface area contributed by atoms with Gasteiger partial charge in [0.15, 0.2) is 14.6 Å². The van der Waals surface area contributed by atoms with E-state index < -0.39 is 20.5 Å². The van der Waals surface area contributed by atoms with Crippen molar-refractivity contribution in [2.75, 3.05) is 25.9 Å². The SMILES string of the molecule is Cc1ccccc1OC(C)CNC(=O)C1(S(C)(=O)=O)CCNCC1.Cl. The molecule has 1 heterocycles. The zero-order valence-corrected chi connectivity index (χ0v) is 16.5. The maximum Gasteiger partial charge on any atom is 0.241 e. The number of carbonyl (C=O) groups excluding carboxylic acids is 1. The topological polar surface area (TPSA) is 84.5 Å². The van der Waals surface area contributed by atoms with Crippen molar-refractivity contribution >= 4 is 28.2 Å². The van der Waals surface area contributed by atoms with Gasteiger partial charge in [0.1, 0.15) is 11.9 Å². The number of nitrogens with one attached hydrogen (secondary N) is 2. The molecule has 0 aromatic heterocycles. The predicted molar refractivity (Wildman–Crippen MR) is 101 cm³/mol. The fraction of sp³-hybridized carbons (Fsp3) is 0.588. The summed E-state index contributed by atoms with van der Waals surface area (Å²) in [5, 5.41) is 5.87. The van der Waals surface area contributed by atoms with Gasteiger partial charge in [-0.1, -0.05) is 18.2 Å². The Morgan fingerprint density at radius 1 is 1.32 bits per heavy atom. The zero-order chi connectivity index (χ0) is 17.8. The van der Waals surface area contributed by atoms with E-state index in [1.54, 1.807) is 0 Å². The minimum absolute atomic E-state index is 0. The molecule has 1 aromatic carbocycles. The quantitative estimate of drug-likeness (QED) is 0.768. The van der Waals surface area contributed by atoms with Crippen LogP contribution in [0, 0.1) is 6.92 Å². The number of halogens is 1. The van der Waals surface area contributed by atoms with E-state index in [2.05, 4.69) is 10.6 Å². The summed E-state index contributed by atoms with van der Waals surface area (Å²) in [6.07, 6.45) is 1.48. The summed E-state index contributed by atoms with van der Waals surface area (Å²) in [7, 11) is -3.49. The molecule has 2 rings (SSSR count). The van der Waals surface area contributed by atoms with E-state index in [-0.39, 0.29) is 25.1 Å². The third kappa shape index (κ3) is 5.09. The summed E-state index contributed by atoms with van der Waals surface area (Å²) >= 11 is 0. The number of aryl methyl sites for hydroxylation is 1. The molecule has 1 unspecified atom stereocenters. The smallest absolute Gasteiger partial charge is 0.241 e. The molecule has 1 aliphatic rings. The largest absolute Gasteiger partial charge is 0.489 e. The molecule has 1 fully saturated rings. The summed E-state index contributed by atoms with van der Waals surface area (Å²) in [6, 6.07) is 7.65. The summed E-state index contributed by atoms with van der Waals surface area (Å²) in [5.41, 5.74) is 1.02. The Morgan fingerprint density at radius 3 is 2.48 bits per heavy atom. The molecule has 142 valence electrons. The second kappa shape index (κ2) is 8.87. The molecule has 0 radical (unpaired) electrons. The van der Waals surface area contributed by atoms with Crippen molar-refractivity contribution in [3.8, 4) is 5.75 Å². The number of para-hydroxylation sites is 1. The first-order valence-corrected chi connectivity index (χ1v) is 10.1. The van der Waals surface area contributed by atoms with Gasteiger partial charge in [0.25, 0.3) is 0 Å². The summed E-state index contributed by atoms with van der Waals surface area (Å²) in [5.74, 6) is 0.339. The lowest BCUT2D eigenvalue weighted by atomic mass is 9.96. The van der Waals surface area contributed by atoms with E-state index in [1.165, 1.54) is 0 Å². The number of piperidine rings is 1. The minimum Gasteiger partial charge on any atom is -0.489 e. The van der Waals surface area contributed by atoms with Crippen LogP contribution >= 0.6 is 12.4 Å². The lowest BCUT2D eigenvalue weighted by Crippen LogP contribution is -2.58. The van der Waals surface area contributed by atoms with Crippen LogP contribution in [0.3, 0.4) is 0 Å². The van der Waals surface area contributed by atoms with Crippen molar-refractivity contribution in [2.45, 2.75) is 37.5 Å². The number of rotatable bonds is 6. The van der Waals surface area contributed by atoms with Crippen LogP contribution in [0.1, 0.15) is 25.3 Å². The first-order valence-electron chi connectivity index (χ1n) is 8.17. The Kier molecular flexibility index (Phi) is 7.71. The van der Waals surface area contributed by atoms with E-state index in [0.29, 0.717) is 25.9 Å². The molecule has 1 saturated heterocycles. The number of carbonyl (C=O) groups is 1. The van der Waals surface area contributed by atoms with Gasteiger partial charge in [0, 0.05) is 6.26 Å². The molecule has 1 amide bonds. The van der Waals surface area contributed by atoms with Gasteiger partial charge in [-0.05, 0) is 51.4 Å². The van der Waals surface area contributed by atoms with E-state index in [0.717, 1.165) is 17.6 Å². The van der Waals surface area contributed by atoms with Gasteiger partial charge in [-0.25, -0.2) is 8.42 Å². The Labute approximate surface area is 156 Å². The van der Waals surface area contributed by atoms with Gasteiger partial charge in [-0.2, -0.15) is 0 Å². The van der Waals surface area contributed by atoms with Crippen LogP contribution < -0.4 is 15.4 Å². The molecule has 1 aliphatic heterocycles. The van der Waals surface area contributed by atoms with Crippen molar-refractivity contribution in [3.05, 3.63) is 29.8 Å². The van der Waals surface area contributed by atoms with Crippen LogP contribution in [0.15, 0.2) is 24.3 Å². The van der Waals surface area contributed by atoms with E-state index >= 15 is 0 Å². The normalized spacial score (nSPS) is 17.9. The molecule has 0 bridgehead atoms. The Hall–Kier alpha value is -1.31. The highest BCUT2D eigenvalue weighted by Gasteiger charge is 2.48. The van der Waals surface area contributed by atoms with Gasteiger partial charge >= 0.3 is 0 Å². The number of sulfone groups is 1. The highest BCUT2D eigenvalue weighted by molar-refractivity contribution is 7.92. The van der Waals surface area contributed by atoms with Crippen molar-refractivity contribution in [1.29, 1.82) is 0 Å². The van der Waals surface area contributed by atoms with E-state index in [9.17, 15) is 13.2 Å². The maximum absolute atomic E-state index is 12.6. The zero-order valence-electron chi connectivity index (χ0n) is 14.9. The fourth-order valence-electron chi connectivity index (χ4n) is 2.94. The van der Waals surface area contributed by atoms with Crippen molar-refractivity contribution in [2.24, 2.45) is 0 Å². The number of benzene rings is 1. The Balaban J connectivity index is 0.00000312. The summed E-state index contributed by atoms with van der Waals surface area (Å²) in [6.45, 7) is 5.11. The summed E-state index contributed by atoms with van der Waals surface area (Å²) in [4.78, 5) is 12.6. The molecular weight excluding hydrogens is 364 g/mol. The molecule has 1 atom stereocenters. The monoisotopic (exact) mass is 390 g/mol. The first-order chi connectivity index (χ1) is 11.3. The average molecular weight is 391 g/mol. The van der Waals surface area contributed by atoms with Gasteiger partial charge in [-0.3, -0.25) is 4.79 Å². The van der Waals surface area contributed by atoms with Crippen LogP contribution in [-0.2, 0) is 14.6 Å². The fourth-order valence-corrected chi connectivity index (χ4v) is 4.30. The van der Waals surface area contributed by atoms with E-state index in [4.69, 9.17) is 4.74 Å². The van der Waals surface area contributed by atoms with Crippen molar-refractivity contribution < 1.29 is 17.9 Å². The predicted octanol–water partition coefficient (Wildman–Crippen LogP) is 1.47. The molecular formula is C17H27ClN2O4S. The van der Waals surface area contributed by atoms with Crippen LogP contribution in [0.25, 0.3) is 0 Å². The minimum atomic E-state index is -3.49. The lowest BCUT2D eigenvalue weighted by Gasteiger charge is -2.34. The second-order valence-corrected chi connectivity index (χ2v) is 8.75. The molecule has 0 saturated carbocycles. The molecule has 8 heteroatoms. The van der Waals surface area contributed by atoms with Crippen LogP contribution in [0.2, 0.25) is 0 Å². The summed E-state index contributed by atoms with van der Waals surface area (Å²) < 4.78 is 28.9. The first kappa shape index (κ1) is 21.7. The second-order valence-electron chi connectivity index (χ2n) is 6.42.